The lowest BCUT2D eigenvalue weighted by Crippen LogP contribution is -2.39. The first-order chi connectivity index (χ1) is 13.6. The summed E-state index contributed by atoms with van der Waals surface area (Å²) in [6.45, 7) is 3.06. The van der Waals surface area contributed by atoms with Crippen LogP contribution in [0.4, 0.5) is 0 Å². The molecule has 0 unspecified atom stereocenters. The second-order valence-electron chi connectivity index (χ2n) is 7.57. The van der Waals surface area contributed by atoms with E-state index in [1.54, 1.807) is 0 Å². The zero-order valence-corrected chi connectivity index (χ0v) is 16.1. The number of benzene rings is 2. The minimum atomic E-state index is -0.231. The van der Waals surface area contributed by atoms with Crippen molar-refractivity contribution < 1.29 is 4.79 Å². The van der Waals surface area contributed by atoms with E-state index in [0.29, 0.717) is 6.42 Å². The Labute approximate surface area is 164 Å². The van der Waals surface area contributed by atoms with E-state index in [1.165, 1.54) is 12.8 Å². The van der Waals surface area contributed by atoms with Gasteiger partial charge in [-0.25, -0.2) is 4.79 Å². The Morgan fingerprint density at radius 2 is 1.79 bits per heavy atom. The molecule has 3 aromatic rings. The number of fused-ring (bicyclic) bond motifs is 1. The van der Waals surface area contributed by atoms with E-state index in [9.17, 15) is 9.59 Å². The molecule has 1 amide bonds. The van der Waals surface area contributed by atoms with Crippen LogP contribution in [-0.2, 0) is 11.2 Å². The van der Waals surface area contributed by atoms with Gasteiger partial charge in [0.05, 0.1) is 23.5 Å². The van der Waals surface area contributed by atoms with Gasteiger partial charge in [0.15, 0.2) is 0 Å². The van der Waals surface area contributed by atoms with Crippen LogP contribution in [0, 0.1) is 0 Å². The number of rotatable bonds is 6. The number of aromatic amines is 2. The maximum Gasteiger partial charge on any atom is 0.323 e. The SMILES string of the molecule is CN(C(=O)Cc1ccc2[nH]c(=O)[nH]c2c1)[C@H](CN1CCCC1)c1ccccc1. The van der Waals surface area contributed by atoms with Crippen molar-refractivity contribution in [2.75, 3.05) is 26.7 Å². The second kappa shape index (κ2) is 8.02. The number of hydrogen-bond acceptors (Lipinski definition) is 3. The summed E-state index contributed by atoms with van der Waals surface area (Å²) in [6.07, 6.45) is 2.77. The van der Waals surface area contributed by atoms with Crippen LogP contribution >= 0.6 is 0 Å². The van der Waals surface area contributed by atoms with Crippen molar-refractivity contribution in [3.63, 3.8) is 0 Å². The summed E-state index contributed by atoms with van der Waals surface area (Å²) >= 11 is 0. The molecule has 28 heavy (non-hydrogen) atoms. The molecule has 2 heterocycles. The average Bonchev–Trinajstić information content (AvgIpc) is 3.34. The normalized spacial score (nSPS) is 15.8. The van der Waals surface area contributed by atoms with Gasteiger partial charge in [-0.2, -0.15) is 0 Å². The fraction of sp³-hybridized carbons (Fsp3) is 0.364. The van der Waals surface area contributed by atoms with E-state index in [2.05, 4.69) is 27.0 Å². The van der Waals surface area contributed by atoms with Gasteiger partial charge in [-0.3, -0.25) is 4.79 Å². The van der Waals surface area contributed by atoms with E-state index >= 15 is 0 Å². The number of aromatic nitrogens is 2. The Morgan fingerprint density at radius 3 is 2.54 bits per heavy atom. The van der Waals surface area contributed by atoms with E-state index in [-0.39, 0.29) is 17.6 Å². The van der Waals surface area contributed by atoms with E-state index < -0.39 is 0 Å². The molecular weight excluding hydrogens is 352 g/mol. The van der Waals surface area contributed by atoms with Crippen molar-refractivity contribution in [3.05, 3.63) is 70.1 Å². The summed E-state index contributed by atoms with van der Waals surface area (Å²) in [5, 5.41) is 0. The minimum Gasteiger partial charge on any atom is -0.337 e. The van der Waals surface area contributed by atoms with Gasteiger partial charge in [-0.1, -0.05) is 36.4 Å². The van der Waals surface area contributed by atoms with Crippen molar-refractivity contribution in [1.82, 2.24) is 19.8 Å². The Hall–Kier alpha value is -2.86. The molecule has 1 aliphatic rings. The number of H-pyrrole nitrogens is 2. The molecule has 2 N–H and O–H groups in total. The van der Waals surface area contributed by atoms with E-state index in [4.69, 9.17) is 0 Å². The monoisotopic (exact) mass is 378 g/mol. The van der Waals surface area contributed by atoms with Gasteiger partial charge in [0.25, 0.3) is 0 Å². The van der Waals surface area contributed by atoms with Crippen LogP contribution in [0.5, 0.6) is 0 Å². The van der Waals surface area contributed by atoms with Crippen LogP contribution in [0.2, 0.25) is 0 Å². The largest absolute Gasteiger partial charge is 0.337 e. The lowest BCUT2D eigenvalue weighted by molar-refractivity contribution is -0.131. The molecule has 0 radical (unpaired) electrons. The number of nitrogens with one attached hydrogen (secondary N) is 2. The summed E-state index contributed by atoms with van der Waals surface area (Å²) in [7, 11) is 1.90. The molecule has 6 heteroatoms. The lowest BCUT2D eigenvalue weighted by Gasteiger charge is -2.32. The summed E-state index contributed by atoms with van der Waals surface area (Å²) in [4.78, 5) is 34.3. The number of likely N-dealkylation sites (tertiary alicyclic amines) is 1. The minimum absolute atomic E-state index is 0.0302. The second-order valence-corrected chi connectivity index (χ2v) is 7.57. The van der Waals surface area contributed by atoms with Crippen LogP contribution in [0.3, 0.4) is 0 Å². The van der Waals surface area contributed by atoms with Crippen LogP contribution in [0.25, 0.3) is 11.0 Å². The molecule has 0 spiro atoms. The standard InChI is InChI=1S/C22H26N4O2/c1-25(20(15-26-11-5-6-12-26)17-7-3-2-4-8-17)21(27)14-16-9-10-18-19(13-16)24-22(28)23-18/h2-4,7-10,13,20H,5-6,11-12,14-15H2,1H3,(H2,23,24,28)/t20-/m1/s1. The Kier molecular flexibility index (Phi) is 5.30. The number of carbonyl (C=O) groups is 1. The summed E-state index contributed by atoms with van der Waals surface area (Å²) in [6, 6.07) is 15.9. The highest BCUT2D eigenvalue weighted by Crippen LogP contribution is 2.24. The topological polar surface area (TPSA) is 72.2 Å². The number of carbonyl (C=O) groups excluding carboxylic acids is 1. The third-order valence-electron chi connectivity index (χ3n) is 5.61. The molecule has 1 atom stereocenters. The first kappa shape index (κ1) is 18.5. The summed E-state index contributed by atoms with van der Waals surface area (Å²) < 4.78 is 0. The average molecular weight is 378 g/mol. The van der Waals surface area contributed by atoms with Crippen LogP contribution in [0.15, 0.2) is 53.3 Å². The Bertz CT molecular complexity index is 1000. The molecule has 1 fully saturated rings. The first-order valence-corrected chi connectivity index (χ1v) is 9.84. The van der Waals surface area contributed by atoms with Crippen LogP contribution < -0.4 is 5.69 Å². The van der Waals surface area contributed by atoms with E-state index in [1.807, 2.05) is 48.3 Å². The molecule has 1 aliphatic heterocycles. The quantitative estimate of drug-likeness (QED) is 0.693. The molecule has 0 bridgehead atoms. The zero-order chi connectivity index (χ0) is 19.5. The number of imidazole rings is 1. The number of nitrogens with zero attached hydrogens (tertiary/aromatic N) is 2. The van der Waals surface area contributed by atoms with Crippen molar-refractivity contribution in [2.45, 2.75) is 25.3 Å². The molecule has 0 saturated carbocycles. The Balaban J connectivity index is 1.53. The van der Waals surface area contributed by atoms with Gasteiger partial charge in [0.1, 0.15) is 0 Å². The van der Waals surface area contributed by atoms with Gasteiger partial charge >= 0.3 is 5.69 Å². The fourth-order valence-corrected chi connectivity index (χ4v) is 4.00. The highest BCUT2D eigenvalue weighted by molar-refractivity contribution is 5.81. The molecule has 1 saturated heterocycles. The first-order valence-electron chi connectivity index (χ1n) is 9.84. The molecule has 6 nitrogen and oxygen atoms in total. The Morgan fingerprint density at radius 1 is 1.07 bits per heavy atom. The van der Waals surface area contributed by atoms with Gasteiger partial charge in [-0.05, 0) is 49.2 Å². The third kappa shape index (κ3) is 4.02. The predicted octanol–water partition coefficient (Wildman–Crippen LogP) is 2.69. The van der Waals surface area contributed by atoms with Gasteiger partial charge in [0, 0.05) is 13.6 Å². The smallest absolute Gasteiger partial charge is 0.323 e. The van der Waals surface area contributed by atoms with E-state index in [0.717, 1.165) is 41.8 Å². The van der Waals surface area contributed by atoms with Gasteiger partial charge in [-0.15, -0.1) is 0 Å². The summed E-state index contributed by atoms with van der Waals surface area (Å²) in [5.41, 5.74) is 3.31. The molecule has 2 aromatic carbocycles. The van der Waals surface area contributed by atoms with Crippen LogP contribution in [-0.4, -0.2) is 52.4 Å². The van der Waals surface area contributed by atoms with Crippen molar-refractivity contribution in [1.29, 1.82) is 0 Å². The fourth-order valence-electron chi connectivity index (χ4n) is 4.00. The number of likely N-dealkylation sites (N-methyl/N-ethyl adjacent to an activating group) is 1. The molecular formula is C22H26N4O2. The molecule has 1 aromatic heterocycles. The molecule has 0 aliphatic carbocycles. The maximum absolute atomic E-state index is 13.1. The molecule has 146 valence electrons. The van der Waals surface area contributed by atoms with Gasteiger partial charge < -0.3 is 19.8 Å². The highest BCUT2D eigenvalue weighted by Gasteiger charge is 2.25. The van der Waals surface area contributed by atoms with Crippen LogP contribution in [0.1, 0.15) is 30.0 Å². The third-order valence-corrected chi connectivity index (χ3v) is 5.61. The molecule has 4 rings (SSSR count). The van der Waals surface area contributed by atoms with Gasteiger partial charge in [0.2, 0.25) is 5.91 Å². The zero-order valence-electron chi connectivity index (χ0n) is 16.1. The van der Waals surface area contributed by atoms with Crippen molar-refractivity contribution in [2.24, 2.45) is 0 Å². The number of hydrogen-bond donors (Lipinski definition) is 2. The van der Waals surface area contributed by atoms with Crippen molar-refractivity contribution in [3.8, 4) is 0 Å². The summed E-state index contributed by atoms with van der Waals surface area (Å²) in [5.74, 6) is 0.0743. The lowest BCUT2D eigenvalue weighted by atomic mass is 10.0. The maximum atomic E-state index is 13.1. The predicted molar refractivity (Wildman–Crippen MR) is 110 cm³/mol. The highest BCUT2D eigenvalue weighted by atomic mass is 16.2. The van der Waals surface area contributed by atoms with Crippen molar-refractivity contribution >= 4 is 16.9 Å². The number of amides is 1.